The molecule has 1 aliphatic heterocycles. The van der Waals surface area contributed by atoms with Crippen molar-refractivity contribution in [3.8, 4) is 0 Å². The Kier molecular flexibility index (Phi) is 5.03. The van der Waals surface area contributed by atoms with Gasteiger partial charge in [-0.2, -0.15) is 17.4 Å². The number of nitrogens with two attached hydrogens (primary N) is 1. The lowest BCUT2D eigenvalue weighted by Crippen LogP contribution is -2.52. The lowest BCUT2D eigenvalue weighted by molar-refractivity contribution is 0.151. The highest BCUT2D eigenvalue weighted by Crippen LogP contribution is 2.18. The maximum Gasteiger partial charge on any atom is 0.279 e. The molecular formula is C8H17F2N3O2S. The fourth-order valence-corrected chi connectivity index (χ4v) is 3.23. The van der Waals surface area contributed by atoms with Gasteiger partial charge in [0.1, 0.15) is 0 Å². The number of hydrogen-bond acceptors (Lipinski definition) is 3. The monoisotopic (exact) mass is 257 g/mol. The second-order valence-electron chi connectivity index (χ2n) is 3.74. The maximum atomic E-state index is 11.9. The maximum absolute atomic E-state index is 11.9. The Hall–Kier alpha value is -0.310. The molecule has 0 aromatic carbocycles. The molecule has 0 bridgehead atoms. The summed E-state index contributed by atoms with van der Waals surface area (Å²) in [5.74, 6) is 0. The van der Waals surface area contributed by atoms with E-state index in [-0.39, 0.29) is 12.6 Å². The molecule has 96 valence electrons. The quantitative estimate of drug-likeness (QED) is 0.722. The van der Waals surface area contributed by atoms with Crippen LogP contribution in [0.2, 0.25) is 0 Å². The zero-order valence-electron chi connectivity index (χ0n) is 8.90. The fourth-order valence-electron chi connectivity index (χ4n) is 1.78. The Morgan fingerprint density at radius 3 is 2.69 bits per heavy atom. The molecule has 1 unspecified atom stereocenters. The van der Waals surface area contributed by atoms with Crippen molar-refractivity contribution in [2.24, 2.45) is 5.73 Å². The highest BCUT2D eigenvalue weighted by atomic mass is 32.2. The summed E-state index contributed by atoms with van der Waals surface area (Å²) in [6, 6.07) is -0.274. The average Bonchev–Trinajstić information content (AvgIpc) is 2.26. The summed E-state index contributed by atoms with van der Waals surface area (Å²) in [5.41, 5.74) is 5.46. The van der Waals surface area contributed by atoms with E-state index < -0.39 is 23.2 Å². The molecule has 1 heterocycles. The second kappa shape index (κ2) is 5.85. The molecule has 0 aromatic rings. The third kappa shape index (κ3) is 3.62. The van der Waals surface area contributed by atoms with Crippen molar-refractivity contribution < 1.29 is 17.2 Å². The third-order valence-electron chi connectivity index (χ3n) is 2.57. The van der Waals surface area contributed by atoms with Crippen molar-refractivity contribution in [3.63, 3.8) is 0 Å². The molecule has 0 saturated carbocycles. The van der Waals surface area contributed by atoms with Gasteiger partial charge in [0.05, 0.1) is 6.54 Å². The fraction of sp³-hybridized carbons (Fsp3) is 1.00. The summed E-state index contributed by atoms with van der Waals surface area (Å²) >= 11 is 0. The van der Waals surface area contributed by atoms with Crippen LogP contribution in [0.5, 0.6) is 0 Å². The van der Waals surface area contributed by atoms with Gasteiger partial charge in [0, 0.05) is 19.1 Å². The minimum Gasteiger partial charge on any atom is -0.329 e. The summed E-state index contributed by atoms with van der Waals surface area (Å²) in [6.45, 7) is -0.286. The van der Waals surface area contributed by atoms with E-state index in [2.05, 4.69) is 0 Å². The van der Waals surface area contributed by atoms with Crippen molar-refractivity contribution >= 4 is 10.2 Å². The summed E-state index contributed by atoms with van der Waals surface area (Å²) < 4.78 is 50.3. The largest absolute Gasteiger partial charge is 0.329 e. The first-order valence-corrected chi connectivity index (χ1v) is 6.66. The Balaban J connectivity index is 2.64. The number of hydrogen-bond donors (Lipinski definition) is 2. The Morgan fingerprint density at radius 1 is 1.44 bits per heavy atom. The van der Waals surface area contributed by atoms with Crippen LogP contribution in [0.3, 0.4) is 0 Å². The Labute approximate surface area is 94.2 Å². The molecule has 16 heavy (non-hydrogen) atoms. The Morgan fingerprint density at radius 2 is 2.12 bits per heavy atom. The van der Waals surface area contributed by atoms with E-state index in [1.807, 2.05) is 4.72 Å². The smallest absolute Gasteiger partial charge is 0.279 e. The zero-order chi connectivity index (χ0) is 12.2. The molecule has 1 rings (SSSR count). The topological polar surface area (TPSA) is 75.4 Å². The Bertz CT molecular complexity index is 310. The lowest BCUT2D eigenvalue weighted by Gasteiger charge is -2.33. The van der Waals surface area contributed by atoms with Crippen LogP contribution in [-0.2, 0) is 10.2 Å². The third-order valence-corrected chi connectivity index (χ3v) is 4.20. The first-order valence-electron chi connectivity index (χ1n) is 5.22. The molecule has 0 aromatic heterocycles. The highest BCUT2D eigenvalue weighted by molar-refractivity contribution is 7.87. The van der Waals surface area contributed by atoms with E-state index in [1.165, 1.54) is 4.31 Å². The van der Waals surface area contributed by atoms with Gasteiger partial charge in [-0.25, -0.2) is 8.78 Å². The van der Waals surface area contributed by atoms with Gasteiger partial charge < -0.3 is 5.73 Å². The highest BCUT2D eigenvalue weighted by Gasteiger charge is 2.31. The van der Waals surface area contributed by atoms with Gasteiger partial charge in [-0.05, 0) is 12.8 Å². The van der Waals surface area contributed by atoms with Crippen LogP contribution in [0.4, 0.5) is 8.78 Å². The van der Waals surface area contributed by atoms with Gasteiger partial charge in [0.2, 0.25) is 0 Å². The van der Waals surface area contributed by atoms with E-state index in [4.69, 9.17) is 5.73 Å². The van der Waals surface area contributed by atoms with Crippen LogP contribution in [-0.4, -0.2) is 44.8 Å². The van der Waals surface area contributed by atoms with Crippen LogP contribution in [0.25, 0.3) is 0 Å². The molecule has 1 aliphatic rings. The average molecular weight is 257 g/mol. The number of piperidine rings is 1. The first kappa shape index (κ1) is 13.8. The molecular weight excluding hydrogens is 240 g/mol. The van der Waals surface area contributed by atoms with Gasteiger partial charge in [-0.1, -0.05) is 6.42 Å². The van der Waals surface area contributed by atoms with E-state index in [1.54, 1.807) is 0 Å². The number of nitrogens with zero attached hydrogens (tertiary/aromatic N) is 1. The van der Waals surface area contributed by atoms with Crippen LogP contribution >= 0.6 is 0 Å². The van der Waals surface area contributed by atoms with Crippen LogP contribution < -0.4 is 10.5 Å². The predicted molar refractivity (Wildman–Crippen MR) is 56.3 cm³/mol. The second-order valence-corrected chi connectivity index (χ2v) is 5.45. The molecule has 0 spiro atoms. The lowest BCUT2D eigenvalue weighted by atomic mass is 10.1. The molecule has 1 fully saturated rings. The predicted octanol–water partition coefficient (Wildman–Crippen LogP) is -0.101. The van der Waals surface area contributed by atoms with Crippen LogP contribution in [0, 0.1) is 0 Å². The van der Waals surface area contributed by atoms with Gasteiger partial charge >= 0.3 is 0 Å². The number of nitrogens with one attached hydrogen (secondary N) is 1. The number of halogens is 2. The molecule has 5 nitrogen and oxygen atoms in total. The van der Waals surface area contributed by atoms with Crippen molar-refractivity contribution in [2.75, 3.05) is 19.6 Å². The number of rotatable bonds is 5. The van der Waals surface area contributed by atoms with Gasteiger partial charge in [-0.3, -0.25) is 0 Å². The molecule has 0 aliphatic carbocycles. The van der Waals surface area contributed by atoms with Crippen molar-refractivity contribution in [1.29, 1.82) is 0 Å². The summed E-state index contributed by atoms with van der Waals surface area (Å²) in [4.78, 5) is 0. The molecule has 0 amide bonds. The van der Waals surface area contributed by atoms with E-state index in [9.17, 15) is 17.2 Å². The van der Waals surface area contributed by atoms with E-state index in [0.717, 1.165) is 12.8 Å². The van der Waals surface area contributed by atoms with Crippen LogP contribution in [0.15, 0.2) is 0 Å². The van der Waals surface area contributed by atoms with E-state index >= 15 is 0 Å². The minimum atomic E-state index is -3.82. The van der Waals surface area contributed by atoms with Crippen molar-refractivity contribution in [3.05, 3.63) is 0 Å². The first-order chi connectivity index (χ1) is 7.47. The zero-order valence-corrected chi connectivity index (χ0v) is 9.72. The van der Waals surface area contributed by atoms with Gasteiger partial charge in [0.15, 0.2) is 0 Å². The summed E-state index contributed by atoms with van der Waals surface area (Å²) in [7, 11) is -3.82. The normalized spacial score (nSPS) is 23.9. The SMILES string of the molecule is NCC1CCCCN1S(=O)(=O)NCC(F)F. The summed E-state index contributed by atoms with van der Waals surface area (Å²) in [6.07, 6.45) is -0.336. The minimum absolute atomic E-state index is 0.218. The van der Waals surface area contributed by atoms with Crippen LogP contribution in [0.1, 0.15) is 19.3 Å². The standard InChI is InChI=1S/C8H17F2N3O2S/c9-8(10)6-12-16(14,15)13-4-2-1-3-7(13)5-11/h7-8,12H,1-6,11H2. The van der Waals surface area contributed by atoms with E-state index in [0.29, 0.717) is 13.0 Å². The number of alkyl halides is 2. The molecule has 1 saturated heterocycles. The van der Waals surface area contributed by atoms with Crippen molar-refractivity contribution in [1.82, 2.24) is 9.03 Å². The molecule has 8 heteroatoms. The van der Waals surface area contributed by atoms with Gasteiger partial charge in [0.25, 0.3) is 16.6 Å². The molecule has 1 atom stereocenters. The van der Waals surface area contributed by atoms with Gasteiger partial charge in [-0.15, -0.1) is 0 Å². The molecule has 0 radical (unpaired) electrons. The molecule has 3 N–H and O–H groups in total. The van der Waals surface area contributed by atoms with Crippen molar-refractivity contribution in [2.45, 2.75) is 31.7 Å². The summed E-state index contributed by atoms with van der Waals surface area (Å²) in [5, 5.41) is 0.